The van der Waals surface area contributed by atoms with Gasteiger partial charge >= 0.3 is 0 Å². The number of aryl methyl sites for hydroxylation is 1. The van der Waals surface area contributed by atoms with Crippen LogP contribution in [0.25, 0.3) is 0 Å². The van der Waals surface area contributed by atoms with Crippen LogP contribution >= 0.6 is 0 Å². The van der Waals surface area contributed by atoms with Gasteiger partial charge in [-0.15, -0.1) is 0 Å². The summed E-state index contributed by atoms with van der Waals surface area (Å²) in [7, 11) is 4.06. The van der Waals surface area contributed by atoms with E-state index >= 15 is 0 Å². The van der Waals surface area contributed by atoms with Crippen molar-refractivity contribution in [1.82, 2.24) is 9.80 Å². The molecule has 128 valence electrons. The summed E-state index contributed by atoms with van der Waals surface area (Å²) in [5, 5.41) is 0. The van der Waals surface area contributed by atoms with Gasteiger partial charge in [0.25, 0.3) is 5.91 Å². The summed E-state index contributed by atoms with van der Waals surface area (Å²) >= 11 is 0. The molecule has 0 unspecified atom stereocenters. The standard InChI is InChI=1S/C17H26N2O4/c1-12-6-9-22-15(12)17(20)19-8-11-23-16-13(19)4-5-14(16)21-10-7-18(2)3/h6,9,13-14,16H,4-5,7-8,10-11H2,1-3H3/t13-,14+,16+/m0/s1. The first-order valence-electron chi connectivity index (χ1n) is 8.31. The summed E-state index contributed by atoms with van der Waals surface area (Å²) in [5.41, 5.74) is 0.884. The Hall–Kier alpha value is -1.37. The van der Waals surface area contributed by atoms with E-state index in [1.807, 2.05) is 32.0 Å². The first kappa shape index (κ1) is 16.5. The SMILES string of the molecule is Cc1ccoc1C(=O)N1CCO[C@H]2[C@H](OCCN(C)C)CC[C@@H]21. The Labute approximate surface area is 137 Å². The minimum Gasteiger partial charge on any atom is -0.459 e. The molecule has 6 nitrogen and oxygen atoms in total. The molecule has 1 amide bonds. The van der Waals surface area contributed by atoms with Crippen molar-refractivity contribution in [2.75, 3.05) is 40.4 Å². The van der Waals surface area contributed by atoms with E-state index in [9.17, 15) is 4.79 Å². The molecule has 0 spiro atoms. The maximum absolute atomic E-state index is 12.8. The van der Waals surface area contributed by atoms with E-state index in [-0.39, 0.29) is 24.2 Å². The molecule has 1 aliphatic carbocycles. The molecule has 0 aromatic carbocycles. The van der Waals surface area contributed by atoms with Gasteiger partial charge in [-0.25, -0.2) is 0 Å². The van der Waals surface area contributed by atoms with Gasteiger partial charge in [-0.05, 0) is 39.9 Å². The molecule has 2 fully saturated rings. The molecule has 6 heteroatoms. The van der Waals surface area contributed by atoms with Crippen LogP contribution in [0.2, 0.25) is 0 Å². The van der Waals surface area contributed by atoms with Crippen molar-refractivity contribution in [3.8, 4) is 0 Å². The Morgan fingerprint density at radius 1 is 1.43 bits per heavy atom. The zero-order valence-corrected chi connectivity index (χ0v) is 14.2. The van der Waals surface area contributed by atoms with Gasteiger partial charge in [-0.3, -0.25) is 4.79 Å². The first-order chi connectivity index (χ1) is 11.1. The maximum Gasteiger partial charge on any atom is 0.290 e. The third kappa shape index (κ3) is 3.44. The highest BCUT2D eigenvalue weighted by Gasteiger charge is 2.45. The van der Waals surface area contributed by atoms with Gasteiger partial charge in [-0.2, -0.15) is 0 Å². The largest absolute Gasteiger partial charge is 0.459 e. The number of rotatable bonds is 5. The smallest absolute Gasteiger partial charge is 0.290 e. The number of fused-ring (bicyclic) bond motifs is 1. The van der Waals surface area contributed by atoms with Crippen molar-refractivity contribution in [1.29, 1.82) is 0 Å². The van der Waals surface area contributed by atoms with E-state index in [0.29, 0.717) is 25.5 Å². The molecular weight excluding hydrogens is 296 g/mol. The molecule has 23 heavy (non-hydrogen) atoms. The average molecular weight is 322 g/mol. The minimum atomic E-state index is -0.0280. The van der Waals surface area contributed by atoms with E-state index in [1.54, 1.807) is 6.26 Å². The molecule has 3 atom stereocenters. The quantitative estimate of drug-likeness (QED) is 0.823. The molecule has 0 radical (unpaired) electrons. The molecule has 1 aromatic heterocycles. The van der Waals surface area contributed by atoms with Gasteiger partial charge in [-0.1, -0.05) is 0 Å². The number of hydrogen-bond acceptors (Lipinski definition) is 5. The van der Waals surface area contributed by atoms with Crippen LogP contribution in [-0.2, 0) is 9.47 Å². The number of carbonyl (C=O) groups is 1. The molecule has 1 saturated carbocycles. The highest BCUT2D eigenvalue weighted by atomic mass is 16.5. The molecule has 2 heterocycles. The lowest BCUT2D eigenvalue weighted by atomic mass is 10.1. The fourth-order valence-electron chi connectivity index (χ4n) is 3.46. The van der Waals surface area contributed by atoms with Gasteiger partial charge in [0, 0.05) is 18.7 Å². The van der Waals surface area contributed by atoms with Gasteiger partial charge in [0.2, 0.25) is 0 Å². The topological polar surface area (TPSA) is 55.2 Å². The summed E-state index contributed by atoms with van der Waals surface area (Å²) < 4.78 is 17.3. The zero-order chi connectivity index (χ0) is 16.4. The highest BCUT2D eigenvalue weighted by molar-refractivity contribution is 5.93. The van der Waals surface area contributed by atoms with Gasteiger partial charge in [0.15, 0.2) is 5.76 Å². The van der Waals surface area contributed by atoms with E-state index in [1.165, 1.54) is 0 Å². The number of amides is 1. The molecule has 0 bridgehead atoms. The van der Waals surface area contributed by atoms with Gasteiger partial charge < -0.3 is 23.7 Å². The fourth-order valence-corrected chi connectivity index (χ4v) is 3.46. The van der Waals surface area contributed by atoms with E-state index in [2.05, 4.69) is 4.90 Å². The number of nitrogens with zero attached hydrogens (tertiary/aromatic N) is 2. The Kier molecular flexibility index (Phi) is 5.04. The summed E-state index contributed by atoms with van der Waals surface area (Å²) in [4.78, 5) is 16.8. The summed E-state index contributed by atoms with van der Waals surface area (Å²) in [5.74, 6) is 0.419. The average Bonchev–Trinajstić information content (AvgIpc) is 3.12. The molecule has 0 N–H and O–H groups in total. The van der Waals surface area contributed by atoms with Crippen molar-refractivity contribution in [3.63, 3.8) is 0 Å². The van der Waals surface area contributed by atoms with Crippen LogP contribution in [-0.4, -0.2) is 74.4 Å². The Balaban J connectivity index is 1.64. The molecule has 2 aliphatic rings. The van der Waals surface area contributed by atoms with Crippen LogP contribution in [0.1, 0.15) is 29.0 Å². The maximum atomic E-state index is 12.8. The molecular formula is C17H26N2O4. The number of morpholine rings is 1. The fraction of sp³-hybridized carbons (Fsp3) is 0.706. The second kappa shape index (κ2) is 7.03. The van der Waals surface area contributed by atoms with Crippen molar-refractivity contribution in [2.45, 2.75) is 38.0 Å². The molecule has 1 aromatic rings. The van der Waals surface area contributed by atoms with Crippen LogP contribution in [0.3, 0.4) is 0 Å². The molecule has 1 saturated heterocycles. The number of furan rings is 1. The number of ether oxygens (including phenoxy) is 2. The monoisotopic (exact) mass is 322 g/mol. The van der Waals surface area contributed by atoms with Crippen LogP contribution in [0, 0.1) is 6.92 Å². The minimum absolute atomic E-state index is 0.0230. The zero-order valence-electron chi connectivity index (χ0n) is 14.2. The lowest BCUT2D eigenvalue weighted by molar-refractivity contribution is -0.106. The number of likely N-dealkylation sites (N-methyl/N-ethyl adjacent to an activating group) is 1. The highest BCUT2D eigenvalue weighted by Crippen LogP contribution is 2.33. The van der Waals surface area contributed by atoms with Gasteiger partial charge in [0.1, 0.15) is 6.10 Å². The second-order valence-corrected chi connectivity index (χ2v) is 6.62. The Bertz CT molecular complexity index is 542. The van der Waals surface area contributed by atoms with E-state index < -0.39 is 0 Å². The first-order valence-corrected chi connectivity index (χ1v) is 8.31. The van der Waals surface area contributed by atoms with Crippen molar-refractivity contribution in [2.24, 2.45) is 0 Å². The van der Waals surface area contributed by atoms with Gasteiger partial charge in [0.05, 0.1) is 31.6 Å². The Morgan fingerprint density at radius 3 is 2.96 bits per heavy atom. The van der Waals surface area contributed by atoms with Crippen LogP contribution in [0.15, 0.2) is 16.7 Å². The summed E-state index contributed by atoms with van der Waals surface area (Å²) in [6.07, 6.45) is 3.48. The van der Waals surface area contributed by atoms with Crippen LogP contribution in [0.4, 0.5) is 0 Å². The van der Waals surface area contributed by atoms with Crippen molar-refractivity contribution in [3.05, 3.63) is 23.7 Å². The molecule has 3 rings (SSSR count). The normalized spacial score (nSPS) is 27.5. The predicted molar refractivity (Wildman–Crippen MR) is 85.5 cm³/mol. The van der Waals surface area contributed by atoms with Crippen LogP contribution in [0.5, 0.6) is 0 Å². The predicted octanol–water partition coefficient (Wildman–Crippen LogP) is 1.54. The lowest BCUT2D eigenvalue weighted by Crippen LogP contribution is -2.54. The summed E-state index contributed by atoms with van der Waals surface area (Å²) in [6.45, 7) is 4.65. The number of hydrogen-bond donors (Lipinski definition) is 0. The van der Waals surface area contributed by atoms with Crippen LogP contribution < -0.4 is 0 Å². The second-order valence-electron chi connectivity index (χ2n) is 6.62. The molecule has 1 aliphatic heterocycles. The Morgan fingerprint density at radius 2 is 2.26 bits per heavy atom. The van der Waals surface area contributed by atoms with E-state index in [0.717, 1.165) is 24.9 Å². The lowest BCUT2D eigenvalue weighted by Gasteiger charge is -2.38. The van der Waals surface area contributed by atoms with Crippen molar-refractivity contribution >= 4 is 5.91 Å². The number of carbonyl (C=O) groups excluding carboxylic acids is 1. The van der Waals surface area contributed by atoms with Crippen molar-refractivity contribution < 1.29 is 18.7 Å². The van der Waals surface area contributed by atoms with E-state index in [4.69, 9.17) is 13.9 Å². The third-order valence-corrected chi connectivity index (χ3v) is 4.72. The summed E-state index contributed by atoms with van der Waals surface area (Å²) in [6, 6.07) is 1.91. The third-order valence-electron chi connectivity index (χ3n) is 4.72.